The van der Waals surface area contributed by atoms with Gasteiger partial charge in [-0.05, 0) is 43.7 Å². The van der Waals surface area contributed by atoms with Crippen LogP contribution in [0.5, 0.6) is 5.75 Å². The van der Waals surface area contributed by atoms with Gasteiger partial charge in [-0.15, -0.1) is 0 Å². The average Bonchev–Trinajstić information content (AvgIpc) is 3.35. The minimum absolute atomic E-state index is 0.0435. The number of benzene rings is 2. The number of nitrogens with one attached hydrogen (secondary N) is 1. The molecule has 0 spiro atoms. The molecule has 0 aliphatic carbocycles. The van der Waals surface area contributed by atoms with E-state index >= 15 is 0 Å². The standard InChI is InChI=1S/C24H21N3O7/c1-13-10-20(26-34-13)25-21(28)14(2)33-24(31)18-11-15(8-9-19(18)32-3)12-27-22(29)16-6-4-5-7-17(16)23(27)30/h4-11,14H,12H2,1-3H3,(H,25,26,28)/t14-/m0/s1. The Kier molecular flexibility index (Phi) is 6.13. The van der Waals surface area contributed by atoms with Gasteiger partial charge in [0.2, 0.25) is 0 Å². The van der Waals surface area contributed by atoms with Gasteiger partial charge in [0.05, 0.1) is 24.8 Å². The Morgan fingerprint density at radius 3 is 2.35 bits per heavy atom. The predicted octanol–water partition coefficient (Wildman–Crippen LogP) is 2.97. The number of methoxy groups -OCH3 is 1. The molecular weight excluding hydrogens is 442 g/mol. The van der Waals surface area contributed by atoms with Crippen LogP contribution < -0.4 is 10.1 Å². The minimum Gasteiger partial charge on any atom is -0.496 e. The number of anilines is 1. The lowest BCUT2D eigenvalue weighted by molar-refractivity contribution is -0.123. The molecule has 174 valence electrons. The van der Waals surface area contributed by atoms with Gasteiger partial charge in [0, 0.05) is 6.07 Å². The number of aromatic nitrogens is 1. The van der Waals surface area contributed by atoms with Crippen molar-refractivity contribution in [2.75, 3.05) is 12.4 Å². The molecule has 10 nitrogen and oxygen atoms in total. The monoisotopic (exact) mass is 463 g/mol. The van der Waals surface area contributed by atoms with E-state index in [-0.39, 0.29) is 23.7 Å². The number of carbonyl (C=O) groups is 4. The summed E-state index contributed by atoms with van der Waals surface area (Å²) in [5, 5.41) is 6.16. The van der Waals surface area contributed by atoms with Gasteiger partial charge in [-0.1, -0.05) is 23.4 Å². The second-order valence-electron chi connectivity index (χ2n) is 7.64. The number of imide groups is 1. The number of ether oxygens (including phenoxy) is 2. The summed E-state index contributed by atoms with van der Waals surface area (Å²) in [5.41, 5.74) is 1.23. The van der Waals surface area contributed by atoms with Gasteiger partial charge >= 0.3 is 5.97 Å². The van der Waals surface area contributed by atoms with Crippen LogP contribution in [-0.4, -0.2) is 47.0 Å². The predicted molar refractivity (Wildman–Crippen MR) is 118 cm³/mol. The highest BCUT2D eigenvalue weighted by molar-refractivity contribution is 6.21. The molecule has 0 bridgehead atoms. The SMILES string of the molecule is COc1ccc(CN2C(=O)c3ccccc3C2=O)cc1C(=O)O[C@@H](C)C(=O)Nc1cc(C)on1. The van der Waals surface area contributed by atoms with E-state index in [1.54, 1.807) is 37.3 Å². The quantitative estimate of drug-likeness (QED) is 0.418. The van der Waals surface area contributed by atoms with E-state index in [4.69, 9.17) is 14.0 Å². The van der Waals surface area contributed by atoms with E-state index < -0.39 is 29.8 Å². The highest BCUT2D eigenvalue weighted by Gasteiger charge is 2.35. The number of fused-ring (bicyclic) bond motifs is 1. The molecule has 10 heteroatoms. The van der Waals surface area contributed by atoms with Crippen LogP contribution in [0.4, 0.5) is 5.82 Å². The molecule has 3 amide bonds. The van der Waals surface area contributed by atoms with Crippen molar-refractivity contribution in [3.05, 3.63) is 76.5 Å². The molecule has 0 saturated carbocycles. The largest absolute Gasteiger partial charge is 0.496 e. The smallest absolute Gasteiger partial charge is 0.342 e. The van der Waals surface area contributed by atoms with Crippen LogP contribution in [0.3, 0.4) is 0 Å². The Morgan fingerprint density at radius 2 is 1.76 bits per heavy atom. The van der Waals surface area contributed by atoms with Crippen LogP contribution in [0.2, 0.25) is 0 Å². The zero-order chi connectivity index (χ0) is 24.4. The van der Waals surface area contributed by atoms with Gasteiger partial charge in [-0.3, -0.25) is 19.3 Å². The van der Waals surface area contributed by atoms with Crippen molar-refractivity contribution in [1.82, 2.24) is 10.1 Å². The molecule has 2 aromatic carbocycles. The van der Waals surface area contributed by atoms with E-state index in [2.05, 4.69) is 10.5 Å². The van der Waals surface area contributed by atoms with Crippen LogP contribution in [0.15, 0.2) is 53.1 Å². The van der Waals surface area contributed by atoms with E-state index in [0.29, 0.717) is 22.5 Å². The van der Waals surface area contributed by atoms with Gasteiger partial charge in [-0.25, -0.2) is 4.79 Å². The fraction of sp³-hybridized carbons (Fsp3) is 0.208. The maximum atomic E-state index is 12.8. The van der Waals surface area contributed by atoms with E-state index in [9.17, 15) is 19.2 Å². The Balaban J connectivity index is 1.49. The van der Waals surface area contributed by atoms with Crippen molar-refractivity contribution in [2.45, 2.75) is 26.5 Å². The summed E-state index contributed by atoms with van der Waals surface area (Å²) >= 11 is 0. The average molecular weight is 463 g/mol. The van der Waals surface area contributed by atoms with Gasteiger partial charge < -0.3 is 19.3 Å². The zero-order valence-corrected chi connectivity index (χ0v) is 18.7. The molecule has 1 aliphatic rings. The van der Waals surface area contributed by atoms with E-state index in [1.807, 2.05) is 0 Å². The summed E-state index contributed by atoms with van der Waals surface area (Å²) in [7, 11) is 1.39. The maximum Gasteiger partial charge on any atom is 0.342 e. The highest BCUT2D eigenvalue weighted by atomic mass is 16.5. The summed E-state index contributed by atoms with van der Waals surface area (Å²) in [6.07, 6.45) is -1.14. The summed E-state index contributed by atoms with van der Waals surface area (Å²) in [4.78, 5) is 51.6. The van der Waals surface area contributed by atoms with Crippen LogP contribution in [-0.2, 0) is 16.1 Å². The Morgan fingerprint density at radius 1 is 1.09 bits per heavy atom. The third-order valence-corrected chi connectivity index (χ3v) is 5.23. The van der Waals surface area contributed by atoms with Crippen molar-refractivity contribution in [3.63, 3.8) is 0 Å². The van der Waals surface area contributed by atoms with Crippen molar-refractivity contribution < 1.29 is 33.2 Å². The first-order chi connectivity index (χ1) is 16.3. The second kappa shape index (κ2) is 9.18. The third-order valence-electron chi connectivity index (χ3n) is 5.23. The van der Waals surface area contributed by atoms with Crippen LogP contribution in [0.25, 0.3) is 0 Å². The molecule has 1 aliphatic heterocycles. The fourth-order valence-corrected chi connectivity index (χ4v) is 3.51. The summed E-state index contributed by atoms with van der Waals surface area (Å²) in [5.74, 6) is -1.29. The molecule has 0 unspecified atom stereocenters. The van der Waals surface area contributed by atoms with Crippen molar-refractivity contribution in [2.24, 2.45) is 0 Å². The van der Waals surface area contributed by atoms with Gasteiger partial charge in [0.25, 0.3) is 17.7 Å². The molecule has 3 aromatic rings. The number of esters is 1. The van der Waals surface area contributed by atoms with Crippen molar-refractivity contribution >= 4 is 29.5 Å². The fourth-order valence-electron chi connectivity index (χ4n) is 3.51. The zero-order valence-electron chi connectivity index (χ0n) is 18.7. The lowest BCUT2D eigenvalue weighted by Crippen LogP contribution is -2.30. The topological polar surface area (TPSA) is 128 Å². The maximum absolute atomic E-state index is 12.8. The molecular formula is C24H21N3O7. The van der Waals surface area contributed by atoms with Crippen molar-refractivity contribution in [1.29, 1.82) is 0 Å². The van der Waals surface area contributed by atoms with E-state index in [0.717, 1.165) is 4.90 Å². The lowest BCUT2D eigenvalue weighted by atomic mass is 10.1. The van der Waals surface area contributed by atoms with Gasteiger partial charge in [0.15, 0.2) is 11.9 Å². The molecule has 0 fully saturated rings. The number of aryl methyl sites for hydroxylation is 1. The lowest BCUT2D eigenvalue weighted by Gasteiger charge is -2.17. The number of carbonyl (C=O) groups excluding carboxylic acids is 4. The van der Waals surface area contributed by atoms with E-state index in [1.165, 1.54) is 32.2 Å². The van der Waals surface area contributed by atoms with Crippen molar-refractivity contribution in [3.8, 4) is 5.75 Å². The minimum atomic E-state index is -1.14. The second-order valence-corrected chi connectivity index (χ2v) is 7.64. The number of amides is 3. The Labute approximate surface area is 194 Å². The van der Waals surface area contributed by atoms with Crippen LogP contribution >= 0.6 is 0 Å². The summed E-state index contributed by atoms with van der Waals surface area (Å²) in [6.45, 7) is 3.04. The summed E-state index contributed by atoms with van der Waals surface area (Å²) in [6, 6.07) is 12.7. The first kappa shape index (κ1) is 22.7. The van der Waals surface area contributed by atoms with Crippen LogP contribution in [0, 0.1) is 6.92 Å². The molecule has 0 saturated heterocycles. The molecule has 34 heavy (non-hydrogen) atoms. The van der Waals surface area contributed by atoms with Gasteiger partial charge in [-0.2, -0.15) is 0 Å². The normalized spacial score (nSPS) is 13.4. The van der Waals surface area contributed by atoms with Crippen LogP contribution in [0.1, 0.15) is 49.3 Å². The molecule has 1 aromatic heterocycles. The van der Waals surface area contributed by atoms with Gasteiger partial charge in [0.1, 0.15) is 17.1 Å². The highest BCUT2D eigenvalue weighted by Crippen LogP contribution is 2.27. The first-order valence-electron chi connectivity index (χ1n) is 10.4. The molecule has 4 rings (SSSR count). The molecule has 0 radical (unpaired) electrons. The molecule has 1 atom stereocenters. The number of hydrogen-bond acceptors (Lipinski definition) is 8. The number of nitrogens with zero attached hydrogens (tertiary/aromatic N) is 2. The third kappa shape index (κ3) is 4.38. The Bertz CT molecular complexity index is 1260. The Hall–Kier alpha value is -4.47. The molecule has 2 heterocycles. The first-order valence-corrected chi connectivity index (χ1v) is 10.4. The number of hydrogen-bond donors (Lipinski definition) is 1. The molecule has 1 N–H and O–H groups in total. The summed E-state index contributed by atoms with van der Waals surface area (Å²) < 4.78 is 15.4. The number of rotatable bonds is 7.